The van der Waals surface area contributed by atoms with Crippen LogP contribution in [0.15, 0.2) is 42.5 Å². The average molecular weight is 550 g/mol. The monoisotopic (exact) mass is 549 g/mol. The van der Waals surface area contributed by atoms with Gasteiger partial charge in [-0.05, 0) is 74.2 Å². The largest absolute Gasteiger partial charge is 0.481 e. The Labute approximate surface area is 216 Å². The van der Waals surface area contributed by atoms with Crippen molar-refractivity contribution < 1.29 is 45.4 Å². The predicted molar refractivity (Wildman–Crippen MR) is 126 cm³/mol. The molecule has 210 valence electrons. The van der Waals surface area contributed by atoms with Crippen LogP contribution < -0.4 is 0 Å². The zero-order chi connectivity index (χ0) is 28.4. The van der Waals surface area contributed by atoms with E-state index in [2.05, 4.69) is 0 Å². The van der Waals surface area contributed by atoms with E-state index in [9.17, 15) is 40.6 Å². The highest BCUT2D eigenvalue weighted by Crippen LogP contribution is 2.45. The third-order valence-corrected chi connectivity index (χ3v) is 7.00. The van der Waals surface area contributed by atoms with Gasteiger partial charge < -0.3 is 14.7 Å². The van der Waals surface area contributed by atoms with Gasteiger partial charge >= 0.3 is 18.3 Å². The molecule has 0 radical (unpaired) electrons. The molecule has 1 aliphatic carbocycles. The summed E-state index contributed by atoms with van der Waals surface area (Å²) in [5.41, 5.74) is -2.34. The molecule has 1 saturated carbocycles. The first-order valence-corrected chi connectivity index (χ1v) is 12.2. The van der Waals surface area contributed by atoms with Crippen LogP contribution >= 0.6 is 0 Å². The Morgan fingerprint density at radius 2 is 1.55 bits per heavy atom. The first-order valence-electron chi connectivity index (χ1n) is 12.2. The van der Waals surface area contributed by atoms with Crippen LogP contribution in [0.1, 0.15) is 61.0 Å². The van der Waals surface area contributed by atoms with E-state index in [0.29, 0.717) is 31.5 Å². The van der Waals surface area contributed by atoms with Gasteiger partial charge in [-0.25, -0.2) is 4.39 Å². The first kappa shape index (κ1) is 29.9. The highest BCUT2D eigenvalue weighted by atomic mass is 19.4. The van der Waals surface area contributed by atoms with Crippen LogP contribution in [-0.2, 0) is 21.9 Å². The lowest BCUT2D eigenvalue weighted by atomic mass is 9.87. The van der Waals surface area contributed by atoms with Crippen LogP contribution in [-0.4, -0.2) is 42.2 Å². The van der Waals surface area contributed by atoms with E-state index in [-0.39, 0.29) is 30.0 Å². The van der Waals surface area contributed by atoms with Crippen molar-refractivity contribution in [2.75, 3.05) is 20.1 Å². The summed E-state index contributed by atoms with van der Waals surface area (Å²) < 4.78 is 99.9. The SMILES string of the molecule is CC(CN(C)C[C@@H]1CC[C@H](O[C@H](C)c2cc(C(F)(F)F)cc(C(F)(F)F)c2)[C@H]1c1ccc(F)cc1)C(=O)O. The molecular formula is C27H30F7NO3. The van der Waals surface area contributed by atoms with Crippen LogP contribution in [0.25, 0.3) is 0 Å². The van der Waals surface area contributed by atoms with E-state index in [0.717, 1.165) is 5.56 Å². The number of alkyl halides is 6. The van der Waals surface area contributed by atoms with Gasteiger partial charge in [0.25, 0.3) is 0 Å². The van der Waals surface area contributed by atoms with Crippen LogP contribution in [0.4, 0.5) is 30.7 Å². The van der Waals surface area contributed by atoms with Crippen molar-refractivity contribution in [2.24, 2.45) is 11.8 Å². The lowest BCUT2D eigenvalue weighted by Gasteiger charge is -2.31. The summed E-state index contributed by atoms with van der Waals surface area (Å²) in [4.78, 5) is 13.1. The molecule has 1 fully saturated rings. The highest BCUT2D eigenvalue weighted by molar-refractivity contribution is 5.69. The van der Waals surface area contributed by atoms with Gasteiger partial charge in [0.2, 0.25) is 0 Å². The van der Waals surface area contributed by atoms with Crippen molar-refractivity contribution in [1.29, 1.82) is 0 Å². The molecule has 38 heavy (non-hydrogen) atoms. The number of halogens is 7. The number of carbonyl (C=O) groups is 1. The molecule has 11 heteroatoms. The molecule has 2 aromatic carbocycles. The third-order valence-electron chi connectivity index (χ3n) is 7.00. The fourth-order valence-corrected chi connectivity index (χ4v) is 5.15. The number of hydrogen-bond acceptors (Lipinski definition) is 3. The molecule has 2 aromatic rings. The minimum atomic E-state index is -4.97. The van der Waals surface area contributed by atoms with Crippen molar-refractivity contribution in [2.45, 2.75) is 57.2 Å². The molecule has 0 amide bonds. The number of hydrogen-bond donors (Lipinski definition) is 1. The van der Waals surface area contributed by atoms with Gasteiger partial charge in [0, 0.05) is 19.0 Å². The van der Waals surface area contributed by atoms with Crippen LogP contribution in [0.3, 0.4) is 0 Å². The number of carboxylic acids is 1. The molecule has 0 heterocycles. The summed E-state index contributed by atoms with van der Waals surface area (Å²) in [5, 5.41) is 9.21. The fourth-order valence-electron chi connectivity index (χ4n) is 5.15. The zero-order valence-corrected chi connectivity index (χ0v) is 21.1. The molecule has 1 unspecified atom stereocenters. The summed E-state index contributed by atoms with van der Waals surface area (Å²) in [6, 6.07) is 7.15. The van der Waals surface area contributed by atoms with Crippen LogP contribution in [0.2, 0.25) is 0 Å². The Balaban J connectivity index is 1.88. The Bertz CT molecular complexity index is 1070. The molecule has 0 spiro atoms. The quantitative estimate of drug-likeness (QED) is 0.338. The minimum absolute atomic E-state index is 0.0594. The highest BCUT2D eigenvalue weighted by Gasteiger charge is 2.41. The zero-order valence-electron chi connectivity index (χ0n) is 21.1. The van der Waals surface area contributed by atoms with E-state index in [4.69, 9.17) is 4.74 Å². The van der Waals surface area contributed by atoms with Crippen molar-refractivity contribution >= 4 is 5.97 Å². The summed E-state index contributed by atoms with van der Waals surface area (Å²) >= 11 is 0. The molecule has 0 aliphatic heterocycles. The van der Waals surface area contributed by atoms with Crippen molar-refractivity contribution in [1.82, 2.24) is 4.90 Å². The van der Waals surface area contributed by atoms with Gasteiger partial charge in [0.1, 0.15) is 5.82 Å². The number of benzene rings is 2. The second-order valence-electron chi connectivity index (χ2n) is 10.0. The van der Waals surface area contributed by atoms with Gasteiger partial charge in [-0.1, -0.05) is 19.1 Å². The second-order valence-corrected chi connectivity index (χ2v) is 10.0. The normalized spacial score (nSPS) is 22.0. The second kappa shape index (κ2) is 11.6. The molecule has 3 rings (SSSR count). The lowest BCUT2D eigenvalue weighted by molar-refractivity contribution is -0.144. The van der Waals surface area contributed by atoms with Gasteiger partial charge in [0.15, 0.2) is 0 Å². The van der Waals surface area contributed by atoms with E-state index in [1.807, 2.05) is 4.90 Å². The topological polar surface area (TPSA) is 49.8 Å². The predicted octanol–water partition coefficient (Wildman–Crippen LogP) is 7.16. The number of aliphatic carboxylic acids is 1. The first-order chi connectivity index (χ1) is 17.6. The van der Waals surface area contributed by atoms with Crippen molar-refractivity contribution in [3.05, 3.63) is 70.5 Å². The number of rotatable bonds is 9. The van der Waals surface area contributed by atoms with Gasteiger partial charge in [-0.3, -0.25) is 4.79 Å². The van der Waals surface area contributed by atoms with Crippen LogP contribution in [0.5, 0.6) is 0 Å². The maximum atomic E-state index is 13.6. The summed E-state index contributed by atoms with van der Waals surface area (Å²) in [6.45, 7) is 3.76. The fraction of sp³-hybridized carbons (Fsp3) is 0.519. The molecule has 0 saturated heterocycles. The van der Waals surface area contributed by atoms with E-state index in [1.54, 1.807) is 26.1 Å². The number of ether oxygens (including phenoxy) is 1. The lowest BCUT2D eigenvalue weighted by Crippen LogP contribution is -2.34. The molecule has 1 N–H and O–H groups in total. The van der Waals surface area contributed by atoms with Crippen LogP contribution in [0, 0.1) is 17.7 Å². The smallest absolute Gasteiger partial charge is 0.416 e. The molecule has 0 bridgehead atoms. The average Bonchev–Trinajstić information content (AvgIpc) is 3.19. The molecule has 4 nitrogen and oxygen atoms in total. The Morgan fingerprint density at radius 3 is 2.05 bits per heavy atom. The van der Waals surface area contributed by atoms with E-state index >= 15 is 0 Å². The maximum Gasteiger partial charge on any atom is 0.416 e. The van der Waals surface area contributed by atoms with E-state index < -0.39 is 53.4 Å². The Hall–Kier alpha value is -2.66. The third kappa shape index (κ3) is 7.47. The Morgan fingerprint density at radius 1 is 1.00 bits per heavy atom. The summed E-state index contributed by atoms with van der Waals surface area (Å²) in [6.07, 6.45) is -10.5. The number of nitrogens with zero attached hydrogens (tertiary/aromatic N) is 1. The number of carboxylic acid groups (broad SMARTS) is 1. The van der Waals surface area contributed by atoms with Gasteiger partial charge in [0.05, 0.1) is 29.3 Å². The summed E-state index contributed by atoms with van der Waals surface area (Å²) in [5.74, 6) is -2.39. The van der Waals surface area contributed by atoms with Crippen molar-refractivity contribution in [3.63, 3.8) is 0 Å². The van der Waals surface area contributed by atoms with Gasteiger partial charge in [-0.15, -0.1) is 0 Å². The molecular weight excluding hydrogens is 519 g/mol. The molecule has 1 aliphatic rings. The molecule has 5 atom stereocenters. The van der Waals surface area contributed by atoms with Gasteiger partial charge in [-0.2, -0.15) is 26.3 Å². The maximum absolute atomic E-state index is 13.6. The summed E-state index contributed by atoms with van der Waals surface area (Å²) in [7, 11) is 1.78. The minimum Gasteiger partial charge on any atom is -0.481 e. The van der Waals surface area contributed by atoms with Crippen molar-refractivity contribution in [3.8, 4) is 0 Å². The molecule has 0 aromatic heterocycles. The van der Waals surface area contributed by atoms with E-state index in [1.165, 1.54) is 19.1 Å². The standard InChI is InChI=1S/C27H30F7NO3/c1-15(25(36)37)13-35(3)14-18-6-9-23(24(18)17-4-7-22(28)8-5-17)38-16(2)19-10-20(26(29,30)31)12-21(11-19)27(32,33)34/h4-5,7-8,10-12,15-16,18,23-24H,6,9,13-14H2,1-3H3,(H,36,37)/t15?,16-,18+,23+,24+/m1/s1. The Kier molecular flexibility index (Phi) is 9.13.